The summed E-state index contributed by atoms with van der Waals surface area (Å²) in [6.45, 7) is 4.80. The number of nitrogens with one attached hydrogen (secondary N) is 2. The van der Waals surface area contributed by atoms with Crippen LogP contribution in [-0.4, -0.2) is 57.7 Å². The molecule has 22 heavy (non-hydrogen) atoms. The van der Waals surface area contributed by atoms with Gasteiger partial charge in [0.25, 0.3) is 0 Å². The lowest BCUT2D eigenvalue weighted by molar-refractivity contribution is -0.118. The van der Waals surface area contributed by atoms with Gasteiger partial charge in [-0.25, -0.2) is 8.42 Å². The quantitative estimate of drug-likeness (QED) is 0.850. The second-order valence-corrected chi connectivity index (χ2v) is 7.91. The summed E-state index contributed by atoms with van der Waals surface area (Å²) in [6, 6.07) is 4.56. The van der Waals surface area contributed by atoms with Crippen LogP contribution in [0.5, 0.6) is 0 Å². The molecule has 8 heteroatoms. The third-order valence-electron chi connectivity index (χ3n) is 3.63. The van der Waals surface area contributed by atoms with Crippen LogP contribution >= 0.6 is 11.6 Å². The van der Waals surface area contributed by atoms with Crippen molar-refractivity contribution in [2.24, 2.45) is 0 Å². The monoisotopic (exact) mass is 345 g/mol. The van der Waals surface area contributed by atoms with Crippen LogP contribution in [0.15, 0.2) is 23.1 Å². The molecule has 0 aliphatic carbocycles. The van der Waals surface area contributed by atoms with Crippen molar-refractivity contribution in [2.45, 2.75) is 17.9 Å². The van der Waals surface area contributed by atoms with Crippen molar-refractivity contribution in [2.75, 3.05) is 37.8 Å². The minimum Gasteiger partial charge on any atom is -0.324 e. The molecule has 2 N–H and O–H groups in total. The molecule has 2 rings (SSSR count). The summed E-state index contributed by atoms with van der Waals surface area (Å²) in [5.74, 6) is -0.207. The highest BCUT2D eigenvalue weighted by Gasteiger charge is 2.21. The Morgan fingerprint density at radius 1 is 1.50 bits per heavy atom. The summed E-state index contributed by atoms with van der Waals surface area (Å²) in [7, 11) is -3.34. The number of amides is 1. The van der Waals surface area contributed by atoms with Crippen LogP contribution in [0.2, 0.25) is 5.02 Å². The molecule has 0 spiro atoms. The number of halogens is 1. The van der Waals surface area contributed by atoms with E-state index in [0.717, 1.165) is 25.9 Å². The molecule has 1 saturated heterocycles. The van der Waals surface area contributed by atoms with Gasteiger partial charge in [-0.2, -0.15) is 0 Å². The summed E-state index contributed by atoms with van der Waals surface area (Å²) < 4.78 is 23.1. The Labute approximate surface area is 135 Å². The van der Waals surface area contributed by atoms with Gasteiger partial charge in [0.05, 0.1) is 22.2 Å². The second kappa shape index (κ2) is 6.95. The van der Waals surface area contributed by atoms with E-state index in [1.165, 1.54) is 18.2 Å². The zero-order valence-corrected chi connectivity index (χ0v) is 14.2. The van der Waals surface area contributed by atoms with E-state index in [-0.39, 0.29) is 23.4 Å². The number of hydrogen-bond acceptors (Lipinski definition) is 5. The second-order valence-electron chi connectivity index (χ2n) is 5.49. The Bertz CT molecular complexity index is 663. The third-order valence-corrected chi connectivity index (χ3v) is 5.07. The predicted octanol–water partition coefficient (Wildman–Crippen LogP) is 0.976. The molecule has 1 atom stereocenters. The smallest absolute Gasteiger partial charge is 0.238 e. The van der Waals surface area contributed by atoms with E-state index >= 15 is 0 Å². The number of piperazine rings is 1. The molecule has 1 aliphatic heterocycles. The lowest BCUT2D eigenvalue weighted by Crippen LogP contribution is -2.52. The fourth-order valence-electron chi connectivity index (χ4n) is 2.32. The van der Waals surface area contributed by atoms with Crippen molar-refractivity contribution in [3.8, 4) is 0 Å². The summed E-state index contributed by atoms with van der Waals surface area (Å²) in [5.41, 5.74) is 0.317. The standard InChI is InChI=1S/C14H20ClN3O3S/c1-10-8-16-5-6-18(10)9-14(19)17-13-7-11(22(2,20)21)3-4-12(13)15/h3-4,7,10,16H,5-6,8-9H2,1-2H3,(H,17,19)/t10-/m0/s1. The number of benzene rings is 1. The van der Waals surface area contributed by atoms with Crippen LogP contribution in [-0.2, 0) is 14.6 Å². The van der Waals surface area contributed by atoms with Crippen molar-refractivity contribution in [1.29, 1.82) is 0 Å². The Morgan fingerprint density at radius 3 is 2.86 bits per heavy atom. The molecule has 1 aromatic rings. The minimum absolute atomic E-state index is 0.128. The zero-order chi connectivity index (χ0) is 16.3. The SMILES string of the molecule is C[C@H]1CNCCN1CC(=O)Nc1cc(S(C)(=O)=O)ccc1Cl. The molecule has 0 bridgehead atoms. The highest BCUT2D eigenvalue weighted by Crippen LogP contribution is 2.25. The van der Waals surface area contributed by atoms with E-state index in [1.807, 2.05) is 0 Å². The average Bonchev–Trinajstić information content (AvgIpc) is 2.42. The van der Waals surface area contributed by atoms with Crippen LogP contribution in [0.4, 0.5) is 5.69 Å². The first-order valence-electron chi connectivity index (χ1n) is 7.01. The molecule has 0 radical (unpaired) electrons. The maximum atomic E-state index is 12.2. The molecular formula is C14H20ClN3O3S. The van der Waals surface area contributed by atoms with Crippen molar-refractivity contribution in [1.82, 2.24) is 10.2 Å². The van der Waals surface area contributed by atoms with Crippen LogP contribution in [0, 0.1) is 0 Å². The number of carbonyl (C=O) groups is 1. The minimum atomic E-state index is -3.34. The van der Waals surface area contributed by atoms with Crippen LogP contribution in [0.3, 0.4) is 0 Å². The Kier molecular flexibility index (Phi) is 5.44. The first-order chi connectivity index (χ1) is 10.3. The van der Waals surface area contributed by atoms with Crippen molar-refractivity contribution < 1.29 is 13.2 Å². The Hall–Kier alpha value is -1.15. The fraction of sp³-hybridized carbons (Fsp3) is 0.500. The largest absolute Gasteiger partial charge is 0.324 e. The predicted molar refractivity (Wildman–Crippen MR) is 87.1 cm³/mol. The maximum absolute atomic E-state index is 12.2. The molecule has 1 aromatic carbocycles. The first-order valence-corrected chi connectivity index (χ1v) is 9.28. The molecule has 0 aromatic heterocycles. The molecule has 1 fully saturated rings. The van der Waals surface area contributed by atoms with Gasteiger partial charge in [0.1, 0.15) is 0 Å². The van der Waals surface area contributed by atoms with E-state index in [0.29, 0.717) is 10.7 Å². The normalized spacial score (nSPS) is 19.9. The number of sulfone groups is 1. The van der Waals surface area contributed by atoms with Gasteiger partial charge in [-0.3, -0.25) is 9.69 Å². The highest BCUT2D eigenvalue weighted by atomic mass is 35.5. The maximum Gasteiger partial charge on any atom is 0.238 e. The molecule has 6 nitrogen and oxygen atoms in total. The van der Waals surface area contributed by atoms with Gasteiger partial charge in [-0.1, -0.05) is 11.6 Å². The summed E-state index contributed by atoms with van der Waals surface area (Å²) in [5, 5.41) is 6.27. The van der Waals surface area contributed by atoms with Gasteiger partial charge in [-0.15, -0.1) is 0 Å². The van der Waals surface area contributed by atoms with Gasteiger partial charge in [0.15, 0.2) is 9.84 Å². The first kappa shape index (κ1) is 17.2. The number of hydrogen-bond donors (Lipinski definition) is 2. The number of rotatable bonds is 4. The Balaban J connectivity index is 2.08. The Morgan fingerprint density at radius 2 is 2.23 bits per heavy atom. The molecule has 0 saturated carbocycles. The molecule has 1 heterocycles. The average molecular weight is 346 g/mol. The van der Waals surface area contributed by atoms with Crippen molar-refractivity contribution in [3.63, 3.8) is 0 Å². The van der Waals surface area contributed by atoms with E-state index in [2.05, 4.69) is 22.5 Å². The van der Waals surface area contributed by atoms with Crippen molar-refractivity contribution >= 4 is 33.0 Å². The van der Waals surface area contributed by atoms with Gasteiger partial charge >= 0.3 is 0 Å². The summed E-state index contributed by atoms with van der Waals surface area (Å²) in [4.78, 5) is 14.4. The van der Waals surface area contributed by atoms with E-state index < -0.39 is 9.84 Å². The number of anilines is 1. The summed E-state index contributed by atoms with van der Waals surface area (Å²) in [6.07, 6.45) is 1.12. The molecular weight excluding hydrogens is 326 g/mol. The fourth-order valence-corrected chi connectivity index (χ4v) is 3.13. The van der Waals surface area contributed by atoms with Crippen LogP contribution < -0.4 is 10.6 Å². The number of carbonyl (C=O) groups excluding carboxylic acids is 1. The zero-order valence-electron chi connectivity index (χ0n) is 12.6. The van der Waals surface area contributed by atoms with E-state index in [1.54, 1.807) is 0 Å². The molecule has 0 unspecified atom stereocenters. The van der Waals surface area contributed by atoms with Crippen LogP contribution in [0.1, 0.15) is 6.92 Å². The van der Waals surface area contributed by atoms with Crippen LogP contribution in [0.25, 0.3) is 0 Å². The van der Waals surface area contributed by atoms with Crippen molar-refractivity contribution in [3.05, 3.63) is 23.2 Å². The lowest BCUT2D eigenvalue weighted by Gasteiger charge is -2.33. The van der Waals surface area contributed by atoms with E-state index in [4.69, 9.17) is 11.6 Å². The summed E-state index contributed by atoms with van der Waals surface area (Å²) >= 11 is 6.03. The highest BCUT2D eigenvalue weighted by molar-refractivity contribution is 7.90. The van der Waals surface area contributed by atoms with Gasteiger partial charge in [-0.05, 0) is 25.1 Å². The third kappa shape index (κ3) is 4.42. The number of nitrogens with zero attached hydrogens (tertiary/aromatic N) is 1. The molecule has 122 valence electrons. The topological polar surface area (TPSA) is 78.5 Å². The molecule has 1 amide bonds. The lowest BCUT2D eigenvalue weighted by atomic mass is 10.2. The van der Waals surface area contributed by atoms with E-state index in [9.17, 15) is 13.2 Å². The van der Waals surface area contributed by atoms with Gasteiger partial charge < -0.3 is 10.6 Å². The van der Waals surface area contributed by atoms with Gasteiger partial charge in [0.2, 0.25) is 5.91 Å². The molecule has 1 aliphatic rings. The van der Waals surface area contributed by atoms with Gasteiger partial charge in [0, 0.05) is 31.9 Å².